The van der Waals surface area contributed by atoms with Crippen LogP contribution < -0.4 is 4.74 Å². The molecule has 2 heterocycles. The van der Waals surface area contributed by atoms with Gasteiger partial charge in [-0.1, -0.05) is 22.0 Å². The number of thioether (sulfide) groups is 1. The molecule has 2 unspecified atom stereocenters. The molecule has 0 bridgehead atoms. The molecule has 4 heteroatoms. The molecule has 3 rings (SSSR count). The van der Waals surface area contributed by atoms with Crippen molar-refractivity contribution in [3.63, 3.8) is 0 Å². The molecule has 0 aromatic heterocycles. The summed E-state index contributed by atoms with van der Waals surface area (Å²) in [6, 6.07) is 5.89. The van der Waals surface area contributed by atoms with E-state index in [-0.39, 0.29) is 5.60 Å². The molecule has 0 radical (unpaired) electrons. The molecule has 1 aromatic carbocycles. The van der Waals surface area contributed by atoms with E-state index in [4.69, 9.17) is 4.74 Å². The zero-order valence-corrected chi connectivity index (χ0v) is 12.8. The van der Waals surface area contributed by atoms with E-state index in [0.29, 0.717) is 5.25 Å². The van der Waals surface area contributed by atoms with Crippen molar-refractivity contribution in [2.24, 2.45) is 0 Å². The fourth-order valence-electron chi connectivity index (χ4n) is 2.96. The number of hydrogen-bond acceptors (Lipinski definition) is 3. The Kier molecular flexibility index (Phi) is 3.37. The van der Waals surface area contributed by atoms with Crippen LogP contribution in [0, 0.1) is 0 Å². The summed E-state index contributed by atoms with van der Waals surface area (Å²) < 4.78 is 7.31. The van der Waals surface area contributed by atoms with Crippen LogP contribution in [0.15, 0.2) is 22.7 Å². The van der Waals surface area contributed by atoms with Gasteiger partial charge in [-0.15, -0.1) is 0 Å². The molecule has 98 valence electrons. The molecule has 1 fully saturated rings. The summed E-state index contributed by atoms with van der Waals surface area (Å²) in [5.74, 6) is 2.05. The normalized spacial score (nSPS) is 35.1. The molecule has 18 heavy (non-hydrogen) atoms. The summed E-state index contributed by atoms with van der Waals surface area (Å²) >= 11 is 5.43. The highest BCUT2D eigenvalue weighted by atomic mass is 79.9. The van der Waals surface area contributed by atoms with Gasteiger partial charge in [-0.3, -0.25) is 0 Å². The molecule has 0 saturated carbocycles. The number of benzene rings is 1. The van der Waals surface area contributed by atoms with Crippen LogP contribution in [0.1, 0.15) is 37.9 Å². The lowest BCUT2D eigenvalue weighted by Crippen LogP contribution is -2.50. The van der Waals surface area contributed by atoms with E-state index in [2.05, 4.69) is 22.9 Å². The predicted octanol–water partition coefficient (Wildman–Crippen LogP) is 3.92. The van der Waals surface area contributed by atoms with Crippen LogP contribution in [0.4, 0.5) is 0 Å². The van der Waals surface area contributed by atoms with E-state index in [1.54, 1.807) is 0 Å². The highest BCUT2D eigenvalue weighted by Crippen LogP contribution is 2.48. The molecule has 1 spiro atoms. The Hall–Kier alpha value is -0.190. The number of fused-ring (bicyclic) bond motifs is 1. The quantitative estimate of drug-likeness (QED) is 0.782. The average Bonchev–Trinajstić information content (AvgIpc) is 2.32. The van der Waals surface area contributed by atoms with E-state index < -0.39 is 6.10 Å². The van der Waals surface area contributed by atoms with Crippen molar-refractivity contribution < 1.29 is 9.84 Å². The lowest BCUT2D eigenvalue weighted by atomic mass is 9.83. The third kappa shape index (κ3) is 2.08. The van der Waals surface area contributed by atoms with Crippen molar-refractivity contribution in [1.82, 2.24) is 0 Å². The minimum absolute atomic E-state index is 0.184. The molecule has 0 aliphatic carbocycles. The molecule has 1 saturated heterocycles. The van der Waals surface area contributed by atoms with Gasteiger partial charge in [0, 0.05) is 21.7 Å². The zero-order chi connectivity index (χ0) is 12.8. The van der Waals surface area contributed by atoms with Gasteiger partial charge >= 0.3 is 0 Å². The van der Waals surface area contributed by atoms with Crippen LogP contribution >= 0.6 is 27.7 Å². The number of hydrogen-bond donors (Lipinski definition) is 1. The van der Waals surface area contributed by atoms with Crippen molar-refractivity contribution in [2.45, 2.75) is 43.1 Å². The number of aliphatic hydroxyl groups is 1. The van der Waals surface area contributed by atoms with Gasteiger partial charge in [0.25, 0.3) is 0 Å². The van der Waals surface area contributed by atoms with Gasteiger partial charge in [0.05, 0.1) is 6.10 Å². The molecule has 2 nitrogen and oxygen atoms in total. The number of rotatable bonds is 0. The molecule has 0 amide bonds. The third-order valence-corrected chi connectivity index (χ3v) is 5.99. The Morgan fingerprint density at radius 3 is 3.11 bits per heavy atom. The predicted molar refractivity (Wildman–Crippen MR) is 78.2 cm³/mol. The second-order valence-corrected chi connectivity index (χ2v) is 7.55. The Labute approximate surface area is 120 Å². The Morgan fingerprint density at radius 2 is 2.33 bits per heavy atom. The SMILES string of the molecule is CC1SCCCC12C[C@H](O)c1ccc(Br)cc1O2. The van der Waals surface area contributed by atoms with Gasteiger partial charge in [0.1, 0.15) is 11.4 Å². The van der Waals surface area contributed by atoms with Crippen LogP contribution in [0.5, 0.6) is 5.75 Å². The standard InChI is InChI=1S/C14H17BrO2S/c1-9-14(5-2-6-18-9)8-12(16)11-4-3-10(15)7-13(11)17-14/h3-4,7,9,12,16H,2,5-6,8H2,1H3/t9?,12-,14?/m0/s1. The molecule has 2 aliphatic heterocycles. The number of halogens is 1. The van der Waals surface area contributed by atoms with Crippen LogP contribution in [0.2, 0.25) is 0 Å². The van der Waals surface area contributed by atoms with Crippen LogP contribution in [-0.2, 0) is 0 Å². The van der Waals surface area contributed by atoms with Crippen molar-refractivity contribution >= 4 is 27.7 Å². The molecular formula is C14H17BrO2S. The Balaban J connectivity index is 1.99. The monoisotopic (exact) mass is 328 g/mol. The maximum atomic E-state index is 10.4. The first-order valence-corrected chi connectivity index (χ1v) is 8.23. The van der Waals surface area contributed by atoms with E-state index in [1.807, 2.05) is 30.0 Å². The smallest absolute Gasteiger partial charge is 0.127 e. The topological polar surface area (TPSA) is 29.5 Å². The van der Waals surface area contributed by atoms with Crippen LogP contribution in [0.25, 0.3) is 0 Å². The zero-order valence-electron chi connectivity index (χ0n) is 10.4. The number of aliphatic hydroxyl groups excluding tert-OH is 1. The first kappa shape index (κ1) is 12.8. The van der Waals surface area contributed by atoms with Gasteiger partial charge < -0.3 is 9.84 Å². The van der Waals surface area contributed by atoms with E-state index in [9.17, 15) is 5.11 Å². The maximum absolute atomic E-state index is 10.4. The highest BCUT2D eigenvalue weighted by molar-refractivity contribution is 9.10. The fraction of sp³-hybridized carbons (Fsp3) is 0.571. The molecule has 3 atom stereocenters. The van der Waals surface area contributed by atoms with Gasteiger partial charge in [-0.2, -0.15) is 11.8 Å². The first-order valence-electron chi connectivity index (χ1n) is 6.39. The summed E-state index contributed by atoms with van der Waals surface area (Å²) in [6.07, 6.45) is 2.54. The summed E-state index contributed by atoms with van der Waals surface area (Å²) in [5, 5.41) is 10.8. The lowest BCUT2D eigenvalue weighted by molar-refractivity contribution is -0.0212. The molecule has 1 N–H and O–H groups in total. The summed E-state index contributed by atoms with van der Waals surface area (Å²) in [5.41, 5.74) is 0.738. The average molecular weight is 329 g/mol. The van der Waals surface area contributed by atoms with Crippen molar-refractivity contribution in [3.8, 4) is 5.75 Å². The molecule has 2 aliphatic rings. The van der Waals surface area contributed by atoms with Crippen molar-refractivity contribution in [3.05, 3.63) is 28.2 Å². The Bertz CT molecular complexity index is 465. The van der Waals surface area contributed by atoms with Crippen LogP contribution in [0.3, 0.4) is 0 Å². The lowest BCUT2D eigenvalue weighted by Gasteiger charge is -2.46. The van der Waals surface area contributed by atoms with Gasteiger partial charge in [-0.25, -0.2) is 0 Å². The van der Waals surface area contributed by atoms with E-state index in [1.165, 1.54) is 12.2 Å². The fourth-order valence-corrected chi connectivity index (χ4v) is 4.53. The van der Waals surface area contributed by atoms with Crippen molar-refractivity contribution in [2.75, 3.05) is 5.75 Å². The summed E-state index contributed by atoms with van der Waals surface area (Å²) in [7, 11) is 0. The molecule has 1 aromatic rings. The van der Waals surface area contributed by atoms with Crippen molar-refractivity contribution in [1.29, 1.82) is 0 Å². The largest absolute Gasteiger partial charge is 0.486 e. The minimum Gasteiger partial charge on any atom is -0.486 e. The number of ether oxygens (including phenoxy) is 1. The third-order valence-electron chi connectivity index (χ3n) is 4.04. The molecular weight excluding hydrogens is 312 g/mol. The van der Waals surface area contributed by atoms with Gasteiger partial charge in [-0.05, 0) is 37.7 Å². The van der Waals surface area contributed by atoms with Crippen LogP contribution in [-0.4, -0.2) is 21.7 Å². The summed E-state index contributed by atoms with van der Waals surface area (Å²) in [6.45, 7) is 2.22. The second-order valence-electron chi connectivity index (χ2n) is 5.19. The minimum atomic E-state index is -0.400. The second kappa shape index (κ2) is 4.73. The first-order chi connectivity index (χ1) is 8.61. The van der Waals surface area contributed by atoms with E-state index in [0.717, 1.165) is 28.6 Å². The maximum Gasteiger partial charge on any atom is 0.127 e. The van der Waals surface area contributed by atoms with Gasteiger partial charge in [0.2, 0.25) is 0 Å². The Morgan fingerprint density at radius 1 is 1.50 bits per heavy atom. The summed E-state index contributed by atoms with van der Waals surface area (Å²) in [4.78, 5) is 0. The van der Waals surface area contributed by atoms with E-state index >= 15 is 0 Å². The highest BCUT2D eigenvalue weighted by Gasteiger charge is 2.46. The van der Waals surface area contributed by atoms with Gasteiger partial charge in [0.15, 0.2) is 0 Å².